The van der Waals surface area contributed by atoms with Gasteiger partial charge in [-0.15, -0.1) is 24.0 Å². The average Bonchev–Trinajstić information content (AvgIpc) is 3.11. The minimum Gasteiger partial charge on any atom is -0.379 e. The molecule has 2 fully saturated rings. The molecule has 1 aromatic carbocycles. The molecule has 2 aliphatic rings. The molecule has 0 bridgehead atoms. The molecule has 6 nitrogen and oxygen atoms in total. The van der Waals surface area contributed by atoms with Gasteiger partial charge in [0.1, 0.15) is 0 Å². The molecule has 8 heteroatoms. The first-order valence-corrected chi connectivity index (χ1v) is 9.98. The van der Waals surface area contributed by atoms with E-state index < -0.39 is 0 Å². The minimum atomic E-state index is 0. The summed E-state index contributed by atoms with van der Waals surface area (Å²) in [6, 6.07) is 8.48. The van der Waals surface area contributed by atoms with Crippen molar-refractivity contribution in [3.63, 3.8) is 0 Å². The van der Waals surface area contributed by atoms with Gasteiger partial charge in [-0.1, -0.05) is 17.7 Å². The van der Waals surface area contributed by atoms with E-state index in [4.69, 9.17) is 21.3 Å². The number of ether oxygens (including phenoxy) is 1. The van der Waals surface area contributed by atoms with E-state index in [-0.39, 0.29) is 24.0 Å². The summed E-state index contributed by atoms with van der Waals surface area (Å²) >= 11 is 6.12. The molecule has 0 aliphatic carbocycles. The van der Waals surface area contributed by atoms with Gasteiger partial charge in [-0.05, 0) is 31.5 Å². The predicted molar refractivity (Wildman–Crippen MR) is 124 cm³/mol. The lowest BCUT2D eigenvalue weighted by Crippen LogP contribution is -2.45. The predicted octanol–water partition coefficient (Wildman–Crippen LogP) is 2.42. The molecule has 1 atom stereocenters. The van der Waals surface area contributed by atoms with Gasteiger partial charge in [0.2, 0.25) is 0 Å². The monoisotopic (exact) mass is 507 g/mol. The van der Waals surface area contributed by atoms with Gasteiger partial charge in [0, 0.05) is 56.0 Å². The molecular formula is C19H31ClIN5O. The summed E-state index contributed by atoms with van der Waals surface area (Å²) in [5, 5.41) is 7.75. The van der Waals surface area contributed by atoms with Crippen LogP contribution in [-0.2, 0) is 4.74 Å². The third-order valence-electron chi connectivity index (χ3n) is 4.84. The number of aliphatic imine (C=N–C) groups is 1. The maximum Gasteiger partial charge on any atom is 0.191 e. The van der Waals surface area contributed by atoms with Crippen LogP contribution in [0.3, 0.4) is 0 Å². The van der Waals surface area contributed by atoms with Crippen molar-refractivity contribution >= 4 is 47.2 Å². The largest absolute Gasteiger partial charge is 0.379 e. The lowest BCUT2D eigenvalue weighted by Gasteiger charge is -2.26. The first-order chi connectivity index (χ1) is 12.7. The van der Waals surface area contributed by atoms with Crippen LogP contribution in [0, 0.1) is 0 Å². The fourth-order valence-corrected chi connectivity index (χ4v) is 3.61. The van der Waals surface area contributed by atoms with Gasteiger partial charge in [0.15, 0.2) is 5.96 Å². The lowest BCUT2D eigenvalue weighted by molar-refractivity contribution is 0.0394. The molecule has 2 heterocycles. The number of hydrogen-bond acceptors (Lipinski definition) is 4. The zero-order valence-electron chi connectivity index (χ0n) is 16.0. The number of anilines is 1. The first-order valence-electron chi connectivity index (χ1n) is 9.60. The molecule has 1 aromatic rings. The molecule has 3 rings (SSSR count). The van der Waals surface area contributed by atoms with E-state index in [9.17, 15) is 0 Å². The van der Waals surface area contributed by atoms with Crippen molar-refractivity contribution in [1.29, 1.82) is 0 Å². The summed E-state index contributed by atoms with van der Waals surface area (Å²) in [6.45, 7) is 10.5. The maximum absolute atomic E-state index is 6.12. The van der Waals surface area contributed by atoms with Crippen LogP contribution in [0.15, 0.2) is 29.3 Å². The van der Waals surface area contributed by atoms with Crippen LogP contribution in [0.4, 0.5) is 5.69 Å². The minimum absolute atomic E-state index is 0. The summed E-state index contributed by atoms with van der Waals surface area (Å²) in [7, 11) is 0. The van der Waals surface area contributed by atoms with Crippen LogP contribution in [-0.4, -0.2) is 75.9 Å². The van der Waals surface area contributed by atoms with E-state index in [1.165, 1.54) is 5.69 Å². The van der Waals surface area contributed by atoms with Crippen molar-refractivity contribution in [2.45, 2.75) is 19.4 Å². The van der Waals surface area contributed by atoms with Gasteiger partial charge in [-0.2, -0.15) is 0 Å². The zero-order valence-corrected chi connectivity index (χ0v) is 19.1. The van der Waals surface area contributed by atoms with E-state index in [1.807, 2.05) is 18.2 Å². The summed E-state index contributed by atoms with van der Waals surface area (Å²) in [4.78, 5) is 9.54. The van der Waals surface area contributed by atoms with Crippen molar-refractivity contribution in [1.82, 2.24) is 15.5 Å². The lowest BCUT2D eigenvalue weighted by atomic mass is 10.3. The van der Waals surface area contributed by atoms with Gasteiger partial charge in [0.05, 0.1) is 19.8 Å². The Morgan fingerprint density at radius 3 is 2.85 bits per heavy atom. The Hall–Kier alpha value is -0.770. The molecule has 2 N–H and O–H groups in total. The molecule has 0 saturated carbocycles. The van der Waals surface area contributed by atoms with E-state index in [0.29, 0.717) is 6.04 Å². The molecule has 0 radical (unpaired) electrons. The van der Waals surface area contributed by atoms with Crippen molar-refractivity contribution in [3.8, 4) is 0 Å². The SMILES string of the molecule is CCNC(=NCCN1CCOCC1)NC1CCN(c2cccc(Cl)c2)C1.I. The van der Waals surface area contributed by atoms with Crippen LogP contribution >= 0.6 is 35.6 Å². The Kier molecular flexibility index (Phi) is 9.95. The number of halogens is 2. The Bertz CT molecular complexity index is 597. The van der Waals surface area contributed by atoms with E-state index >= 15 is 0 Å². The molecule has 1 unspecified atom stereocenters. The normalized spacial score (nSPS) is 21.0. The van der Waals surface area contributed by atoms with Crippen LogP contribution in [0.25, 0.3) is 0 Å². The zero-order chi connectivity index (χ0) is 18.2. The van der Waals surface area contributed by atoms with Crippen molar-refractivity contribution in [2.75, 3.05) is 63.9 Å². The van der Waals surface area contributed by atoms with Gasteiger partial charge in [-0.25, -0.2) is 0 Å². The molecule has 152 valence electrons. The summed E-state index contributed by atoms with van der Waals surface area (Å²) in [6.07, 6.45) is 1.10. The average molecular weight is 508 g/mol. The van der Waals surface area contributed by atoms with Crippen molar-refractivity contribution < 1.29 is 4.74 Å². The summed E-state index contributed by atoms with van der Waals surface area (Å²) in [5.74, 6) is 0.915. The van der Waals surface area contributed by atoms with E-state index in [2.05, 4.69) is 33.4 Å². The molecule has 2 aliphatic heterocycles. The molecule has 27 heavy (non-hydrogen) atoms. The molecule has 2 saturated heterocycles. The number of benzene rings is 1. The molecular weight excluding hydrogens is 477 g/mol. The van der Waals surface area contributed by atoms with Gasteiger partial charge < -0.3 is 20.3 Å². The number of nitrogens with one attached hydrogen (secondary N) is 2. The number of nitrogens with zero attached hydrogens (tertiary/aromatic N) is 3. The smallest absolute Gasteiger partial charge is 0.191 e. The highest BCUT2D eigenvalue weighted by molar-refractivity contribution is 14.0. The first kappa shape index (κ1) is 22.5. The second-order valence-electron chi connectivity index (χ2n) is 6.77. The van der Waals surface area contributed by atoms with Gasteiger partial charge >= 0.3 is 0 Å². The van der Waals surface area contributed by atoms with Crippen LogP contribution in [0.2, 0.25) is 5.02 Å². The molecule has 0 aromatic heterocycles. The Balaban J connectivity index is 0.00000261. The van der Waals surface area contributed by atoms with Crippen LogP contribution < -0.4 is 15.5 Å². The van der Waals surface area contributed by atoms with E-state index in [0.717, 1.165) is 76.4 Å². The van der Waals surface area contributed by atoms with Gasteiger partial charge in [-0.3, -0.25) is 9.89 Å². The van der Waals surface area contributed by atoms with E-state index in [1.54, 1.807) is 0 Å². The second kappa shape index (κ2) is 11.9. The number of rotatable bonds is 6. The Morgan fingerprint density at radius 2 is 2.11 bits per heavy atom. The standard InChI is InChI=1S/C19H30ClN5O.HI/c1-2-21-19(22-7-9-24-10-12-26-13-11-24)23-17-6-8-25(15-17)18-5-3-4-16(20)14-18;/h3-5,14,17H,2,6-13,15H2,1H3,(H2,21,22,23);1H. The number of hydrogen-bond donors (Lipinski definition) is 2. The topological polar surface area (TPSA) is 52.1 Å². The molecule has 0 spiro atoms. The van der Waals surface area contributed by atoms with Crippen LogP contribution in [0.5, 0.6) is 0 Å². The third-order valence-corrected chi connectivity index (χ3v) is 5.07. The Morgan fingerprint density at radius 1 is 1.30 bits per heavy atom. The number of morpholine rings is 1. The van der Waals surface area contributed by atoms with Crippen molar-refractivity contribution in [3.05, 3.63) is 29.3 Å². The number of guanidine groups is 1. The maximum atomic E-state index is 6.12. The third kappa shape index (κ3) is 7.29. The highest BCUT2D eigenvalue weighted by Crippen LogP contribution is 2.23. The highest BCUT2D eigenvalue weighted by Gasteiger charge is 2.23. The summed E-state index contributed by atoms with van der Waals surface area (Å²) < 4.78 is 5.39. The van der Waals surface area contributed by atoms with Crippen molar-refractivity contribution in [2.24, 2.45) is 4.99 Å². The second-order valence-corrected chi connectivity index (χ2v) is 7.21. The fourth-order valence-electron chi connectivity index (χ4n) is 3.43. The highest BCUT2D eigenvalue weighted by atomic mass is 127. The van der Waals surface area contributed by atoms with Crippen LogP contribution in [0.1, 0.15) is 13.3 Å². The summed E-state index contributed by atoms with van der Waals surface area (Å²) in [5.41, 5.74) is 1.19. The fraction of sp³-hybridized carbons (Fsp3) is 0.632. The van der Waals surface area contributed by atoms with Gasteiger partial charge in [0.25, 0.3) is 0 Å². The molecule has 0 amide bonds. The Labute approximate surface area is 184 Å². The quantitative estimate of drug-likeness (QED) is 0.352.